The van der Waals surface area contributed by atoms with Crippen LogP contribution in [0.2, 0.25) is 0 Å². The molecule has 0 aliphatic heterocycles. The monoisotopic (exact) mass is 354 g/mol. The Kier molecular flexibility index (Phi) is 7.97. The Morgan fingerprint density at radius 3 is 2.52 bits per heavy atom. The summed E-state index contributed by atoms with van der Waals surface area (Å²) in [6.45, 7) is 7.04. The molecule has 1 rings (SSSR count). The molecule has 2 N–H and O–H groups in total. The second-order valence-electron chi connectivity index (χ2n) is 5.54. The minimum absolute atomic E-state index is 0.0340. The van der Waals surface area contributed by atoms with E-state index in [1.165, 1.54) is 0 Å². The number of carbonyl (C=O) groups excluding carboxylic acids is 1. The fourth-order valence-corrected chi connectivity index (χ4v) is 3.19. The molecular weight excluding hydrogens is 328 g/mol. The van der Waals surface area contributed by atoms with Crippen LogP contribution in [0.15, 0.2) is 28.7 Å². The third-order valence-electron chi connectivity index (χ3n) is 3.70. The van der Waals surface area contributed by atoms with Crippen LogP contribution in [0.25, 0.3) is 0 Å². The van der Waals surface area contributed by atoms with Crippen LogP contribution in [0.4, 0.5) is 0 Å². The van der Waals surface area contributed by atoms with Gasteiger partial charge in [0.25, 0.3) is 0 Å². The maximum absolute atomic E-state index is 12.6. The SMILES string of the molecule is CCCC(N)CC(=O)N(CCC)C(C)c1ccccc1Br. The van der Waals surface area contributed by atoms with Gasteiger partial charge in [-0.2, -0.15) is 0 Å². The molecule has 1 aromatic rings. The van der Waals surface area contributed by atoms with Crippen molar-refractivity contribution in [1.29, 1.82) is 0 Å². The van der Waals surface area contributed by atoms with Gasteiger partial charge in [-0.25, -0.2) is 0 Å². The van der Waals surface area contributed by atoms with Crippen molar-refractivity contribution in [3.8, 4) is 0 Å². The molecule has 21 heavy (non-hydrogen) atoms. The summed E-state index contributed by atoms with van der Waals surface area (Å²) in [5, 5.41) is 0. The highest BCUT2D eigenvalue weighted by Crippen LogP contribution is 2.28. The van der Waals surface area contributed by atoms with Crippen molar-refractivity contribution >= 4 is 21.8 Å². The fraction of sp³-hybridized carbons (Fsp3) is 0.588. The standard InChI is InChI=1S/C17H27BrN2O/c1-4-8-14(19)12-17(21)20(11-5-2)13(3)15-9-6-7-10-16(15)18/h6-7,9-10,13-14H,4-5,8,11-12,19H2,1-3H3. The van der Waals surface area contributed by atoms with E-state index in [4.69, 9.17) is 5.73 Å². The van der Waals surface area contributed by atoms with Gasteiger partial charge in [-0.15, -0.1) is 0 Å². The van der Waals surface area contributed by atoms with E-state index in [2.05, 4.69) is 42.8 Å². The van der Waals surface area contributed by atoms with Crippen molar-refractivity contribution in [2.75, 3.05) is 6.54 Å². The number of nitrogens with two attached hydrogens (primary N) is 1. The van der Waals surface area contributed by atoms with Gasteiger partial charge < -0.3 is 10.6 Å². The van der Waals surface area contributed by atoms with Crippen LogP contribution < -0.4 is 5.73 Å². The first kappa shape index (κ1) is 18.2. The van der Waals surface area contributed by atoms with Crippen LogP contribution in [0.1, 0.15) is 58.1 Å². The predicted molar refractivity (Wildman–Crippen MR) is 92.1 cm³/mol. The van der Waals surface area contributed by atoms with Crippen molar-refractivity contribution in [3.05, 3.63) is 34.3 Å². The largest absolute Gasteiger partial charge is 0.336 e. The summed E-state index contributed by atoms with van der Waals surface area (Å²) in [6, 6.07) is 8.10. The van der Waals surface area contributed by atoms with Crippen LogP contribution in [-0.4, -0.2) is 23.4 Å². The van der Waals surface area contributed by atoms with Crippen molar-refractivity contribution in [1.82, 2.24) is 4.90 Å². The minimum Gasteiger partial charge on any atom is -0.336 e. The van der Waals surface area contributed by atoms with Gasteiger partial charge in [-0.05, 0) is 31.4 Å². The van der Waals surface area contributed by atoms with Gasteiger partial charge in [-0.1, -0.05) is 54.4 Å². The highest BCUT2D eigenvalue weighted by Gasteiger charge is 2.23. The van der Waals surface area contributed by atoms with Gasteiger partial charge in [0.1, 0.15) is 0 Å². The average molecular weight is 355 g/mol. The van der Waals surface area contributed by atoms with E-state index in [9.17, 15) is 4.79 Å². The van der Waals surface area contributed by atoms with E-state index in [1.807, 2.05) is 23.1 Å². The van der Waals surface area contributed by atoms with Crippen molar-refractivity contribution < 1.29 is 4.79 Å². The molecule has 0 aliphatic rings. The zero-order chi connectivity index (χ0) is 15.8. The molecule has 0 radical (unpaired) electrons. The molecule has 2 atom stereocenters. The zero-order valence-electron chi connectivity index (χ0n) is 13.3. The average Bonchev–Trinajstić information content (AvgIpc) is 2.44. The summed E-state index contributed by atoms with van der Waals surface area (Å²) in [7, 11) is 0. The van der Waals surface area contributed by atoms with Gasteiger partial charge in [0.05, 0.1) is 6.04 Å². The lowest BCUT2D eigenvalue weighted by Crippen LogP contribution is -2.38. The first-order chi connectivity index (χ1) is 10.0. The molecule has 0 fully saturated rings. The van der Waals surface area contributed by atoms with Crippen molar-refractivity contribution in [3.63, 3.8) is 0 Å². The molecule has 0 bridgehead atoms. The third-order valence-corrected chi connectivity index (χ3v) is 4.43. The maximum Gasteiger partial charge on any atom is 0.224 e. The molecule has 1 aromatic carbocycles. The lowest BCUT2D eigenvalue weighted by atomic mass is 10.0. The second-order valence-corrected chi connectivity index (χ2v) is 6.39. The van der Waals surface area contributed by atoms with Crippen LogP contribution in [-0.2, 0) is 4.79 Å². The quantitative estimate of drug-likeness (QED) is 0.757. The molecule has 4 heteroatoms. The number of amides is 1. The Morgan fingerprint density at radius 2 is 1.95 bits per heavy atom. The molecule has 0 saturated heterocycles. The number of halogens is 1. The third kappa shape index (κ3) is 5.44. The molecule has 2 unspecified atom stereocenters. The topological polar surface area (TPSA) is 46.3 Å². The smallest absolute Gasteiger partial charge is 0.224 e. The van der Waals surface area contributed by atoms with Gasteiger partial charge >= 0.3 is 0 Å². The summed E-state index contributed by atoms with van der Waals surface area (Å²) in [5.41, 5.74) is 7.17. The van der Waals surface area contributed by atoms with E-state index >= 15 is 0 Å². The lowest BCUT2D eigenvalue weighted by molar-refractivity contribution is -0.133. The highest BCUT2D eigenvalue weighted by molar-refractivity contribution is 9.10. The Morgan fingerprint density at radius 1 is 1.29 bits per heavy atom. The summed E-state index contributed by atoms with van der Waals surface area (Å²) in [5.74, 6) is 0.154. The number of rotatable bonds is 8. The molecule has 0 spiro atoms. The molecule has 0 saturated carbocycles. The summed E-state index contributed by atoms with van der Waals surface area (Å²) in [4.78, 5) is 14.5. The lowest BCUT2D eigenvalue weighted by Gasteiger charge is -2.31. The minimum atomic E-state index is -0.0340. The van der Waals surface area contributed by atoms with E-state index in [1.54, 1.807) is 0 Å². The fourth-order valence-electron chi connectivity index (χ4n) is 2.57. The van der Waals surface area contributed by atoms with E-state index in [-0.39, 0.29) is 18.0 Å². The number of hydrogen-bond donors (Lipinski definition) is 1. The van der Waals surface area contributed by atoms with E-state index in [0.717, 1.165) is 35.8 Å². The summed E-state index contributed by atoms with van der Waals surface area (Å²) < 4.78 is 1.05. The predicted octanol–water partition coefficient (Wildman–Crippen LogP) is 4.27. The molecule has 118 valence electrons. The van der Waals surface area contributed by atoms with Crippen molar-refractivity contribution in [2.24, 2.45) is 5.73 Å². The van der Waals surface area contributed by atoms with Gasteiger partial charge in [0.2, 0.25) is 5.91 Å². The Labute approximate surface area is 137 Å². The Bertz CT molecular complexity index is 450. The molecule has 0 heterocycles. The van der Waals surface area contributed by atoms with Crippen molar-refractivity contribution in [2.45, 2.75) is 58.5 Å². The zero-order valence-corrected chi connectivity index (χ0v) is 14.9. The van der Waals surface area contributed by atoms with Crippen LogP contribution in [0.3, 0.4) is 0 Å². The Balaban J connectivity index is 2.85. The van der Waals surface area contributed by atoms with Gasteiger partial charge in [0.15, 0.2) is 0 Å². The van der Waals surface area contributed by atoms with Crippen LogP contribution >= 0.6 is 15.9 Å². The number of benzene rings is 1. The van der Waals surface area contributed by atoms with Crippen LogP contribution in [0.5, 0.6) is 0 Å². The van der Waals surface area contributed by atoms with E-state index < -0.39 is 0 Å². The van der Waals surface area contributed by atoms with E-state index in [0.29, 0.717) is 6.42 Å². The molecule has 0 aliphatic carbocycles. The molecule has 0 aromatic heterocycles. The number of nitrogens with zero attached hydrogens (tertiary/aromatic N) is 1. The van der Waals surface area contributed by atoms with Gasteiger partial charge in [-0.3, -0.25) is 4.79 Å². The van der Waals surface area contributed by atoms with Crippen LogP contribution in [0, 0.1) is 0 Å². The molecule has 1 amide bonds. The first-order valence-corrected chi connectivity index (χ1v) is 8.60. The number of hydrogen-bond acceptors (Lipinski definition) is 2. The van der Waals surface area contributed by atoms with Gasteiger partial charge in [0, 0.05) is 23.5 Å². The maximum atomic E-state index is 12.6. The highest BCUT2D eigenvalue weighted by atomic mass is 79.9. The second kappa shape index (κ2) is 9.21. The Hall–Kier alpha value is -0.870. The number of carbonyl (C=O) groups is 1. The normalized spacial score (nSPS) is 13.8. The molecule has 3 nitrogen and oxygen atoms in total. The summed E-state index contributed by atoms with van der Waals surface area (Å²) in [6.07, 6.45) is 3.29. The summed E-state index contributed by atoms with van der Waals surface area (Å²) >= 11 is 3.58. The first-order valence-electron chi connectivity index (χ1n) is 7.80. The molecular formula is C17H27BrN2O.